The molecule has 29 heavy (non-hydrogen) atoms. The van der Waals surface area contributed by atoms with Crippen molar-refractivity contribution in [2.75, 3.05) is 39.6 Å². The van der Waals surface area contributed by atoms with Crippen LogP contribution in [-0.4, -0.2) is 62.4 Å². The highest BCUT2D eigenvalue weighted by molar-refractivity contribution is 6.04. The first-order chi connectivity index (χ1) is 14.0. The van der Waals surface area contributed by atoms with Gasteiger partial charge in [0.2, 0.25) is 0 Å². The van der Waals surface area contributed by atoms with E-state index in [4.69, 9.17) is 18.9 Å². The van der Waals surface area contributed by atoms with Gasteiger partial charge in [-0.15, -0.1) is 0 Å². The zero-order valence-electron chi connectivity index (χ0n) is 16.1. The van der Waals surface area contributed by atoms with Crippen LogP contribution in [0.1, 0.15) is 10.4 Å². The third-order valence-electron chi connectivity index (χ3n) is 4.27. The Labute approximate surface area is 166 Å². The maximum Gasteiger partial charge on any atom is 0.355 e. The molecular weight excluding hydrogens is 382 g/mol. The van der Waals surface area contributed by atoms with Gasteiger partial charge in [0.05, 0.1) is 50.4 Å². The normalized spacial score (nSPS) is 13.8. The number of aromatic nitrogens is 2. The molecule has 152 valence electrons. The van der Waals surface area contributed by atoms with Crippen LogP contribution in [-0.2, 0) is 28.5 Å². The molecule has 0 N–H and O–H groups in total. The molecule has 0 fully saturated rings. The van der Waals surface area contributed by atoms with Gasteiger partial charge in [0.1, 0.15) is 12.4 Å². The van der Waals surface area contributed by atoms with E-state index in [0.717, 1.165) is 0 Å². The third-order valence-corrected chi connectivity index (χ3v) is 4.27. The molecular formula is C19H19N3O7. The molecule has 2 aromatic rings. The average molecular weight is 401 g/mol. The first-order valence-corrected chi connectivity index (χ1v) is 8.49. The van der Waals surface area contributed by atoms with Gasteiger partial charge in [0, 0.05) is 12.4 Å². The van der Waals surface area contributed by atoms with Crippen molar-refractivity contribution in [3.63, 3.8) is 0 Å². The van der Waals surface area contributed by atoms with E-state index in [1.165, 1.54) is 32.3 Å². The first kappa shape index (κ1) is 20.1. The molecule has 0 saturated heterocycles. The minimum atomic E-state index is -0.747. The van der Waals surface area contributed by atoms with E-state index in [2.05, 4.69) is 5.10 Å². The number of carbonyl (C=O) groups excluding carboxylic acids is 3. The molecule has 10 heteroatoms. The molecule has 0 radical (unpaired) electrons. The van der Waals surface area contributed by atoms with Gasteiger partial charge in [-0.1, -0.05) is 0 Å². The lowest BCUT2D eigenvalue weighted by Crippen LogP contribution is -2.39. The van der Waals surface area contributed by atoms with Crippen LogP contribution in [0, 0.1) is 0 Å². The van der Waals surface area contributed by atoms with Crippen LogP contribution >= 0.6 is 0 Å². The largest absolute Gasteiger partial charge is 0.466 e. The summed E-state index contributed by atoms with van der Waals surface area (Å²) in [7, 11) is 3.68. The number of benzene rings is 1. The Morgan fingerprint density at radius 3 is 2.34 bits per heavy atom. The predicted molar refractivity (Wildman–Crippen MR) is 99.3 cm³/mol. The lowest BCUT2D eigenvalue weighted by Gasteiger charge is -2.32. The highest BCUT2D eigenvalue weighted by atomic mass is 16.5. The van der Waals surface area contributed by atoms with E-state index in [1.807, 2.05) is 0 Å². The molecule has 0 amide bonds. The monoisotopic (exact) mass is 401 g/mol. The highest BCUT2D eigenvalue weighted by Crippen LogP contribution is 2.32. The highest BCUT2D eigenvalue weighted by Gasteiger charge is 2.34. The number of esters is 3. The Bertz CT molecular complexity index is 966. The summed E-state index contributed by atoms with van der Waals surface area (Å²) in [6.45, 7) is -0.189. The van der Waals surface area contributed by atoms with Gasteiger partial charge in [-0.05, 0) is 24.3 Å². The molecule has 0 bridgehead atoms. The smallest absolute Gasteiger partial charge is 0.355 e. The van der Waals surface area contributed by atoms with E-state index in [9.17, 15) is 14.4 Å². The molecule has 0 spiro atoms. The van der Waals surface area contributed by atoms with Gasteiger partial charge < -0.3 is 23.8 Å². The van der Waals surface area contributed by atoms with Crippen LogP contribution in [0.3, 0.4) is 0 Å². The maximum absolute atomic E-state index is 12.6. The Balaban J connectivity index is 2.24. The molecule has 0 atom stereocenters. The standard InChI is InChI=1S/C19H19N3O7/c1-26-17(23)12-5-6-14(22-8-4-7-20-22)15(9-12)21-11-29-10-13(18(24)27-2)16(21)19(25)28-3/h4-9H,10-11H2,1-3H3. The van der Waals surface area contributed by atoms with Crippen LogP contribution < -0.4 is 4.90 Å². The summed E-state index contributed by atoms with van der Waals surface area (Å²) in [5, 5.41) is 4.21. The molecule has 2 heterocycles. The molecule has 3 rings (SSSR count). The second-order valence-electron chi connectivity index (χ2n) is 5.86. The topological polar surface area (TPSA) is 109 Å². The van der Waals surface area contributed by atoms with E-state index < -0.39 is 17.9 Å². The lowest BCUT2D eigenvalue weighted by molar-refractivity contribution is -0.140. The van der Waals surface area contributed by atoms with Crippen molar-refractivity contribution < 1.29 is 33.3 Å². The molecule has 0 aliphatic carbocycles. The zero-order valence-corrected chi connectivity index (χ0v) is 16.1. The number of anilines is 1. The summed E-state index contributed by atoms with van der Waals surface area (Å²) in [6.07, 6.45) is 3.28. The van der Waals surface area contributed by atoms with E-state index in [1.54, 1.807) is 35.3 Å². The summed E-state index contributed by atoms with van der Waals surface area (Å²) in [4.78, 5) is 38.3. The predicted octanol–water partition coefficient (Wildman–Crippen LogP) is 1.05. The Kier molecular flexibility index (Phi) is 5.93. The molecule has 0 saturated carbocycles. The zero-order chi connectivity index (χ0) is 21.0. The first-order valence-electron chi connectivity index (χ1n) is 8.49. The fourth-order valence-electron chi connectivity index (χ4n) is 2.92. The summed E-state index contributed by atoms with van der Waals surface area (Å²) < 4.78 is 21.5. The fourth-order valence-corrected chi connectivity index (χ4v) is 2.92. The van der Waals surface area contributed by atoms with Crippen molar-refractivity contribution in [1.82, 2.24) is 9.78 Å². The Morgan fingerprint density at radius 1 is 1.00 bits per heavy atom. The second kappa shape index (κ2) is 8.57. The Morgan fingerprint density at radius 2 is 1.72 bits per heavy atom. The van der Waals surface area contributed by atoms with E-state index in [0.29, 0.717) is 11.4 Å². The molecule has 10 nitrogen and oxygen atoms in total. The van der Waals surface area contributed by atoms with E-state index >= 15 is 0 Å². The third kappa shape index (κ3) is 3.83. The number of nitrogens with zero attached hydrogens (tertiary/aromatic N) is 3. The maximum atomic E-state index is 12.6. The van der Waals surface area contributed by atoms with Gasteiger partial charge in [0.25, 0.3) is 0 Å². The average Bonchev–Trinajstić information content (AvgIpc) is 3.31. The number of ether oxygens (including phenoxy) is 4. The minimum absolute atomic E-state index is 0.000450. The molecule has 1 aliphatic rings. The quantitative estimate of drug-likeness (QED) is 0.536. The number of rotatable bonds is 5. The summed E-state index contributed by atoms with van der Waals surface area (Å²) in [6, 6.07) is 6.47. The van der Waals surface area contributed by atoms with Crippen LogP contribution in [0.4, 0.5) is 5.69 Å². The van der Waals surface area contributed by atoms with Crippen LogP contribution in [0.2, 0.25) is 0 Å². The van der Waals surface area contributed by atoms with Gasteiger partial charge in [-0.25, -0.2) is 19.1 Å². The Hall–Kier alpha value is -3.66. The van der Waals surface area contributed by atoms with Crippen molar-refractivity contribution in [3.05, 3.63) is 53.5 Å². The molecule has 1 aliphatic heterocycles. The summed E-state index contributed by atoms with van der Waals surface area (Å²) in [5.41, 5.74) is 1.13. The van der Waals surface area contributed by atoms with Gasteiger partial charge >= 0.3 is 17.9 Å². The molecule has 1 aromatic carbocycles. The summed E-state index contributed by atoms with van der Waals surface area (Å²) in [5.74, 6) is -2.03. The van der Waals surface area contributed by atoms with Crippen LogP contribution in [0.15, 0.2) is 47.9 Å². The fraction of sp³-hybridized carbons (Fsp3) is 0.263. The number of carbonyl (C=O) groups is 3. The summed E-state index contributed by atoms with van der Waals surface area (Å²) >= 11 is 0. The minimum Gasteiger partial charge on any atom is -0.466 e. The van der Waals surface area contributed by atoms with Crippen molar-refractivity contribution in [1.29, 1.82) is 0 Å². The SMILES string of the molecule is COC(=O)C1=C(C(=O)OC)N(c2cc(C(=O)OC)ccc2-n2cccn2)COC1. The molecule has 1 aromatic heterocycles. The number of methoxy groups -OCH3 is 3. The van der Waals surface area contributed by atoms with Crippen LogP contribution in [0.25, 0.3) is 5.69 Å². The number of hydrogen-bond acceptors (Lipinski definition) is 9. The van der Waals surface area contributed by atoms with Crippen molar-refractivity contribution in [3.8, 4) is 5.69 Å². The van der Waals surface area contributed by atoms with Gasteiger partial charge in [-0.3, -0.25) is 0 Å². The van der Waals surface area contributed by atoms with Crippen molar-refractivity contribution >= 4 is 23.6 Å². The van der Waals surface area contributed by atoms with Crippen molar-refractivity contribution in [2.24, 2.45) is 0 Å². The van der Waals surface area contributed by atoms with Crippen molar-refractivity contribution in [2.45, 2.75) is 0 Å². The van der Waals surface area contributed by atoms with Gasteiger partial charge in [0.15, 0.2) is 0 Å². The second-order valence-corrected chi connectivity index (χ2v) is 5.86. The lowest BCUT2D eigenvalue weighted by atomic mass is 10.1. The molecule has 0 unspecified atom stereocenters. The van der Waals surface area contributed by atoms with Gasteiger partial charge in [-0.2, -0.15) is 5.10 Å². The van der Waals surface area contributed by atoms with Crippen LogP contribution in [0.5, 0.6) is 0 Å². The van der Waals surface area contributed by atoms with E-state index in [-0.39, 0.29) is 30.2 Å². The number of hydrogen-bond donors (Lipinski definition) is 0.